The van der Waals surface area contributed by atoms with Gasteiger partial charge in [0.25, 0.3) is 0 Å². The van der Waals surface area contributed by atoms with Crippen LogP contribution < -0.4 is 4.72 Å². The van der Waals surface area contributed by atoms with Crippen molar-refractivity contribution in [3.63, 3.8) is 0 Å². The second kappa shape index (κ2) is 5.46. The summed E-state index contributed by atoms with van der Waals surface area (Å²) in [5.41, 5.74) is 1.91. The molecule has 4 heteroatoms. The van der Waals surface area contributed by atoms with E-state index in [1.165, 1.54) is 0 Å². The Bertz CT molecular complexity index is 440. The Labute approximate surface area is 97.9 Å². The standard InChI is InChI=1S/C12H19NO2S/c1-4-11(3)13-16(14,15)9-12-7-5-6-10(2)8-12/h5-8,11,13H,4,9H2,1-3H3. The van der Waals surface area contributed by atoms with Gasteiger partial charge in [-0.2, -0.15) is 0 Å². The first-order chi connectivity index (χ1) is 7.43. The van der Waals surface area contributed by atoms with Gasteiger partial charge in [-0.1, -0.05) is 36.8 Å². The molecule has 0 aliphatic rings. The third kappa shape index (κ3) is 4.33. The minimum absolute atomic E-state index is 0.00481. The molecule has 1 atom stereocenters. The fourth-order valence-corrected chi connectivity index (χ4v) is 2.93. The predicted octanol–water partition coefficient (Wildman–Crippen LogP) is 2.21. The van der Waals surface area contributed by atoms with Crippen LogP contribution in [-0.2, 0) is 15.8 Å². The molecule has 0 heterocycles. The van der Waals surface area contributed by atoms with Gasteiger partial charge in [0.1, 0.15) is 0 Å². The van der Waals surface area contributed by atoms with Gasteiger partial charge in [-0.05, 0) is 25.8 Å². The lowest BCUT2D eigenvalue weighted by molar-refractivity contribution is 0.555. The third-order valence-corrected chi connectivity index (χ3v) is 3.91. The number of benzene rings is 1. The molecule has 0 aliphatic carbocycles. The number of nitrogens with one attached hydrogen (secondary N) is 1. The second-order valence-corrected chi connectivity index (χ2v) is 5.93. The smallest absolute Gasteiger partial charge is 0.212 e. The highest BCUT2D eigenvalue weighted by atomic mass is 32.2. The molecule has 0 aliphatic heterocycles. The lowest BCUT2D eigenvalue weighted by Crippen LogP contribution is -2.32. The summed E-state index contributed by atoms with van der Waals surface area (Å²) in [6, 6.07) is 7.56. The predicted molar refractivity (Wildman–Crippen MR) is 66.7 cm³/mol. The van der Waals surface area contributed by atoms with E-state index >= 15 is 0 Å². The highest BCUT2D eigenvalue weighted by Gasteiger charge is 2.13. The molecule has 1 unspecified atom stereocenters. The summed E-state index contributed by atoms with van der Waals surface area (Å²) in [4.78, 5) is 0. The molecule has 16 heavy (non-hydrogen) atoms. The van der Waals surface area contributed by atoms with E-state index < -0.39 is 10.0 Å². The topological polar surface area (TPSA) is 46.2 Å². The largest absolute Gasteiger partial charge is 0.216 e. The van der Waals surface area contributed by atoms with Crippen LogP contribution in [0.25, 0.3) is 0 Å². The van der Waals surface area contributed by atoms with Crippen molar-refractivity contribution in [2.24, 2.45) is 0 Å². The maximum absolute atomic E-state index is 11.8. The molecule has 0 spiro atoms. The van der Waals surface area contributed by atoms with E-state index in [1.54, 1.807) is 0 Å². The molecule has 0 amide bonds. The van der Waals surface area contributed by atoms with Gasteiger partial charge in [-0.15, -0.1) is 0 Å². The fraction of sp³-hybridized carbons (Fsp3) is 0.500. The summed E-state index contributed by atoms with van der Waals surface area (Å²) in [7, 11) is -3.21. The molecule has 0 bridgehead atoms. The van der Waals surface area contributed by atoms with Crippen molar-refractivity contribution in [2.75, 3.05) is 0 Å². The van der Waals surface area contributed by atoms with E-state index in [0.717, 1.165) is 17.5 Å². The van der Waals surface area contributed by atoms with Crippen LogP contribution >= 0.6 is 0 Å². The Morgan fingerprint density at radius 2 is 2.06 bits per heavy atom. The Morgan fingerprint density at radius 3 is 2.62 bits per heavy atom. The first-order valence-corrected chi connectivity index (χ1v) is 7.13. The highest BCUT2D eigenvalue weighted by molar-refractivity contribution is 7.88. The van der Waals surface area contributed by atoms with Crippen LogP contribution in [0.1, 0.15) is 31.4 Å². The average Bonchev–Trinajstić information content (AvgIpc) is 2.15. The van der Waals surface area contributed by atoms with Gasteiger partial charge >= 0.3 is 0 Å². The summed E-state index contributed by atoms with van der Waals surface area (Å²) in [6.07, 6.45) is 0.799. The monoisotopic (exact) mass is 241 g/mol. The normalized spacial score (nSPS) is 13.7. The third-order valence-electron chi connectivity index (χ3n) is 2.43. The highest BCUT2D eigenvalue weighted by Crippen LogP contribution is 2.08. The minimum Gasteiger partial charge on any atom is -0.212 e. The van der Waals surface area contributed by atoms with Gasteiger partial charge in [-0.3, -0.25) is 0 Å². The maximum atomic E-state index is 11.8. The molecule has 1 aromatic carbocycles. The van der Waals surface area contributed by atoms with Crippen molar-refractivity contribution in [3.05, 3.63) is 35.4 Å². The number of hydrogen-bond acceptors (Lipinski definition) is 2. The maximum Gasteiger partial charge on any atom is 0.216 e. The van der Waals surface area contributed by atoms with Crippen molar-refractivity contribution < 1.29 is 8.42 Å². The van der Waals surface area contributed by atoms with Crippen molar-refractivity contribution >= 4 is 10.0 Å². The molecule has 0 fully saturated rings. The van der Waals surface area contributed by atoms with Crippen LogP contribution in [0.4, 0.5) is 0 Å². The van der Waals surface area contributed by atoms with Gasteiger partial charge in [-0.25, -0.2) is 13.1 Å². The van der Waals surface area contributed by atoms with E-state index in [4.69, 9.17) is 0 Å². The zero-order chi connectivity index (χ0) is 12.2. The van der Waals surface area contributed by atoms with Crippen molar-refractivity contribution in [1.29, 1.82) is 0 Å². The van der Waals surface area contributed by atoms with Crippen LogP contribution in [-0.4, -0.2) is 14.5 Å². The van der Waals surface area contributed by atoms with E-state index in [1.807, 2.05) is 45.0 Å². The fourth-order valence-electron chi connectivity index (χ4n) is 1.45. The molecule has 0 radical (unpaired) electrons. The summed E-state index contributed by atoms with van der Waals surface area (Å²) in [6.45, 7) is 5.78. The van der Waals surface area contributed by atoms with Crippen molar-refractivity contribution in [3.8, 4) is 0 Å². The summed E-state index contributed by atoms with van der Waals surface area (Å²) < 4.78 is 26.2. The van der Waals surface area contributed by atoms with Crippen molar-refractivity contribution in [2.45, 2.75) is 39.0 Å². The molecule has 3 nitrogen and oxygen atoms in total. The molecule has 1 rings (SSSR count). The molecule has 0 aromatic heterocycles. The van der Waals surface area contributed by atoms with Gasteiger partial charge < -0.3 is 0 Å². The number of hydrogen-bond donors (Lipinski definition) is 1. The van der Waals surface area contributed by atoms with Crippen LogP contribution in [0.2, 0.25) is 0 Å². The molecule has 0 saturated heterocycles. The zero-order valence-corrected chi connectivity index (χ0v) is 10.8. The SMILES string of the molecule is CCC(C)NS(=O)(=O)Cc1cccc(C)c1. The molecule has 1 aromatic rings. The Morgan fingerprint density at radius 1 is 1.38 bits per heavy atom. The lowest BCUT2D eigenvalue weighted by atomic mass is 10.2. The molecule has 0 saturated carbocycles. The average molecular weight is 241 g/mol. The second-order valence-electron chi connectivity index (χ2n) is 4.18. The number of sulfonamides is 1. The lowest BCUT2D eigenvalue weighted by Gasteiger charge is -2.12. The minimum atomic E-state index is -3.21. The summed E-state index contributed by atoms with van der Waals surface area (Å²) in [5, 5.41) is 0. The van der Waals surface area contributed by atoms with Crippen LogP contribution in [0.3, 0.4) is 0 Å². The first kappa shape index (κ1) is 13.2. The van der Waals surface area contributed by atoms with Gasteiger partial charge in [0.15, 0.2) is 0 Å². The number of aryl methyl sites for hydroxylation is 1. The Hall–Kier alpha value is -0.870. The van der Waals surface area contributed by atoms with Crippen LogP contribution in [0.15, 0.2) is 24.3 Å². The molecular formula is C12H19NO2S. The molecule has 1 N–H and O–H groups in total. The Balaban J connectivity index is 2.73. The number of rotatable bonds is 5. The van der Waals surface area contributed by atoms with E-state index in [0.29, 0.717) is 0 Å². The van der Waals surface area contributed by atoms with Gasteiger partial charge in [0.2, 0.25) is 10.0 Å². The van der Waals surface area contributed by atoms with E-state index in [2.05, 4.69) is 4.72 Å². The van der Waals surface area contributed by atoms with E-state index in [9.17, 15) is 8.42 Å². The van der Waals surface area contributed by atoms with Crippen LogP contribution in [0, 0.1) is 6.92 Å². The molecule has 90 valence electrons. The van der Waals surface area contributed by atoms with Crippen molar-refractivity contribution in [1.82, 2.24) is 4.72 Å². The zero-order valence-electron chi connectivity index (χ0n) is 10.0. The van der Waals surface area contributed by atoms with Crippen LogP contribution in [0.5, 0.6) is 0 Å². The van der Waals surface area contributed by atoms with Gasteiger partial charge in [0.05, 0.1) is 5.75 Å². The van der Waals surface area contributed by atoms with Gasteiger partial charge in [0, 0.05) is 6.04 Å². The molecular weight excluding hydrogens is 222 g/mol. The summed E-state index contributed by atoms with van der Waals surface area (Å²) in [5.74, 6) is 0.0546. The quantitative estimate of drug-likeness (QED) is 0.859. The van der Waals surface area contributed by atoms with E-state index in [-0.39, 0.29) is 11.8 Å². The first-order valence-electron chi connectivity index (χ1n) is 5.48. The Kier molecular flexibility index (Phi) is 4.50. The summed E-state index contributed by atoms with van der Waals surface area (Å²) >= 11 is 0.